The molecule has 0 radical (unpaired) electrons. The lowest BCUT2D eigenvalue weighted by Gasteiger charge is -2.44. The van der Waals surface area contributed by atoms with E-state index in [1.54, 1.807) is 27.9 Å². The van der Waals surface area contributed by atoms with Crippen molar-refractivity contribution in [2.75, 3.05) is 13.1 Å². The minimum atomic E-state index is -0.234. The summed E-state index contributed by atoms with van der Waals surface area (Å²) < 4.78 is 1.78. The molecule has 0 bridgehead atoms. The van der Waals surface area contributed by atoms with E-state index in [2.05, 4.69) is 5.10 Å². The van der Waals surface area contributed by atoms with E-state index >= 15 is 0 Å². The van der Waals surface area contributed by atoms with Crippen molar-refractivity contribution in [3.8, 4) is 5.69 Å². The summed E-state index contributed by atoms with van der Waals surface area (Å²) >= 11 is 0. The van der Waals surface area contributed by atoms with Crippen molar-refractivity contribution < 1.29 is 4.79 Å². The zero-order valence-electron chi connectivity index (χ0n) is 11.9. The highest BCUT2D eigenvalue weighted by atomic mass is 16.2. The van der Waals surface area contributed by atoms with Gasteiger partial charge in [-0.3, -0.25) is 4.79 Å². The molecule has 1 aromatic carbocycles. The van der Waals surface area contributed by atoms with E-state index in [0.29, 0.717) is 13.1 Å². The summed E-state index contributed by atoms with van der Waals surface area (Å²) in [5.74, 6) is -0.00890. The third-order valence-electron chi connectivity index (χ3n) is 3.46. The Morgan fingerprint density at radius 3 is 2.71 bits per heavy atom. The van der Waals surface area contributed by atoms with Crippen molar-refractivity contribution >= 4 is 12.0 Å². The molecule has 2 N–H and O–H groups in total. The van der Waals surface area contributed by atoms with Gasteiger partial charge in [-0.05, 0) is 25.1 Å². The van der Waals surface area contributed by atoms with Gasteiger partial charge in [0.15, 0.2) is 0 Å². The largest absolute Gasteiger partial charge is 0.335 e. The normalized spacial score (nSPS) is 17.0. The van der Waals surface area contributed by atoms with Gasteiger partial charge in [0.2, 0.25) is 5.91 Å². The van der Waals surface area contributed by atoms with Gasteiger partial charge in [-0.2, -0.15) is 5.10 Å². The topological polar surface area (TPSA) is 64.2 Å². The predicted octanol–water partition coefficient (Wildman–Crippen LogP) is 1.45. The SMILES string of the molecule is CC1(N)CN(C(=O)/C=C/c2cnn(-c3ccccc3)c2)C1. The van der Waals surface area contributed by atoms with Gasteiger partial charge in [0.05, 0.1) is 11.9 Å². The third kappa shape index (κ3) is 3.03. The van der Waals surface area contributed by atoms with E-state index in [-0.39, 0.29) is 11.4 Å². The summed E-state index contributed by atoms with van der Waals surface area (Å²) in [6.07, 6.45) is 6.98. The van der Waals surface area contributed by atoms with Gasteiger partial charge in [0, 0.05) is 36.5 Å². The van der Waals surface area contributed by atoms with Crippen LogP contribution in [-0.2, 0) is 4.79 Å². The van der Waals surface area contributed by atoms with Crippen LogP contribution < -0.4 is 5.73 Å². The van der Waals surface area contributed by atoms with Crippen molar-refractivity contribution in [2.45, 2.75) is 12.5 Å². The number of hydrogen-bond acceptors (Lipinski definition) is 3. The number of benzene rings is 1. The molecule has 0 atom stereocenters. The van der Waals surface area contributed by atoms with E-state index in [1.165, 1.54) is 0 Å². The van der Waals surface area contributed by atoms with E-state index < -0.39 is 0 Å². The Balaban J connectivity index is 1.65. The number of rotatable bonds is 3. The molecule has 2 aromatic rings. The highest BCUT2D eigenvalue weighted by molar-refractivity contribution is 5.92. The number of carbonyl (C=O) groups excluding carboxylic acids is 1. The summed E-state index contributed by atoms with van der Waals surface area (Å²) in [5, 5.41) is 4.29. The highest BCUT2D eigenvalue weighted by Crippen LogP contribution is 2.17. The van der Waals surface area contributed by atoms with Crippen LogP contribution in [0.25, 0.3) is 11.8 Å². The second kappa shape index (κ2) is 5.18. The van der Waals surface area contributed by atoms with E-state index in [9.17, 15) is 4.79 Å². The average Bonchev–Trinajstić information content (AvgIpc) is 2.92. The summed E-state index contributed by atoms with van der Waals surface area (Å²) in [6, 6.07) is 9.85. The number of nitrogens with two attached hydrogens (primary N) is 1. The van der Waals surface area contributed by atoms with Crippen molar-refractivity contribution in [2.24, 2.45) is 5.73 Å². The van der Waals surface area contributed by atoms with Crippen LogP contribution >= 0.6 is 0 Å². The Labute approximate surface area is 123 Å². The molecule has 1 amide bonds. The number of nitrogens with zero attached hydrogens (tertiary/aromatic N) is 3. The fourth-order valence-electron chi connectivity index (χ4n) is 2.40. The maximum atomic E-state index is 11.9. The van der Waals surface area contributed by atoms with Crippen LogP contribution in [0.2, 0.25) is 0 Å². The zero-order valence-corrected chi connectivity index (χ0v) is 11.9. The van der Waals surface area contributed by atoms with E-state index in [1.807, 2.05) is 43.5 Å². The maximum Gasteiger partial charge on any atom is 0.246 e. The molecule has 1 fully saturated rings. The number of aromatic nitrogens is 2. The average molecular weight is 282 g/mol. The highest BCUT2D eigenvalue weighted by Gasteiger charge is 2.36. The standard InChI is InChI=1S/C16H18N4O/c1-16(17)11-19(12-16)15(21)8-7-13-9-18-20(10-13)14-5-3-2-4-6-14/h2-10H,11-12,17H2,1H3/b8-7+. The van der Waals surface area contributed by atoms with Gasteiger partial charge in [-0.25, -0.2) is 4.68 Å². The van der Waals surface area contributed by atoms with Crippen molar-refractivity contribution in [1.82, 2.24) is 14.7 Å². The first kappa shape index (κ1) is 13.6. The second-order valence-electron chi connectivity index (χ2n) is 5.74. The smallest absolute Gasteiger partial charge is 0.246 e. The van der Waals surface area contributed by atoms with Crippen LogP contribution in [-0.4, -0.2) is 39.2 Å². The van der Waals surface area contributed by atoms with Crippen LogP contribution in [0, 0.1) is 0 Å². The Morgan fingerprint density at radius 1 is 1.33 bits per heavy atom. The van der Waals surface area contributed by atoms with Crippen molar-refractivity contribution in [3.05, 3.63) is 54.4 Å². The van der Waals surface area contributed by atoms with Crippen molar-refractivity contribution in [1.29, 1.82) is 0 Å². The Kier molecular flexibility index (Phi) is 3.35. The number of carbonyl (C=O) groups is 1. The predicted molar refractivity (Wildman–Crippen MR) is 81.8 cm³/mol. The first-order valence-corrected chi connectivity index (χ1v) is 6.89. The molecule has 0 unspecified atom stereocenters. The Hall–Kier alpha value is -2.40. The van der Waals surface area contributed by atoms with Gasteiger partial charge < -0.3 is 10.6 Å². The van der Waals surface area contributed by atoms with Crippen LogP contribution in [0.4, 0.5) is 0 Å². The minimum Gasteiger partial charge on any atom is -0.335 e. The molecule has 21 heavy (non-hydrogen) atoms. The molecule has 1 saturated heterocycles. The molecule has 1 aromatic heterocycles. The monoisotopic (exact) mass is 282 g/mol. The number of hydrogen-bond donors (Lipinski definition) is 1. The van der Waals surface area contributed by atoms with Crippen LogP contribution in [0.1, 0.15) is 12.5 Å². The second-order valence-corrected chi connectivity index (χ2v) is 5.74. The van der Waals surface area contributed by atoms with Gasteiger partial charge in [-0.15, -0.1) is 0 Å². The summed E-state index contributed by atoms with van der Waals surface area (Å²) in [5.41, 5.74) is 7.54. The summed E-state index contributed by atoms with van der Waals surface area (Å²) in [4.78, 5) is 13.7. The fourth-order valence-corrected chi connectivity index (χ4v) is 2.40. The molecule has 3 rings (SSSR count). The Bertz CT molecular complexity index is 665. The summed E-state index contributed by atoms with van der Waals surface area (Å²) in [6.45, 7) is 3.17. The van der Waals surface area contributed by atoms with E-state index in [4.69, 9.17) is 5.73 Å². The molecule has 0 saturated carbocycles. The van der Waals surface area contributed by atoms with Gasteiger partial charge in [0.1, 0.15) is 0 Å². The minimum absolute atomic E-state index is 0.00890. The quantitative estimate of drug-likeness (QED) is 0.867. The van der Waals surface area contributed by atoms with Crippen molar-refractivity contribution in [3.63, 3.8) is 0 Å². The number of para-hydroxylation sites is 1. The van der Waals surface area contributed by atoms with Gasteiger partial charge >= 0.3 is 0 Å². The Morgan fingerprint density at radius 2 is 2.05 bits per heavy atom. The summed E-state index contributed by atoms with van der Waals surface area (Å²) in [7, 11) is 0. The molecule has 1 aliphatic heterocycles. The molecule has 108 valence electrons. The zero-order chi connectivity index (χ0) is 14.9. The lowest BCUT2D eigenvalue weighted by Crippen LogP contribution is -2.66. The molecule has 0 spiro atoms. The first-order valence-electron chi connectivity index (χ1n) is 6.89. The lowest BCUT2D eigenvalue weighted by atomic mass is 9.94. The number of likely N-dealkylation sites (tertiary alicyclic amines) is 1. The molecular weight excluding hydrogens is 264 g/mol. The number of amides is 1. The molecule has 5 nitrogen and oxygen atoms in total. The first-order chi connectivity index (χ1) is 10.0. The van der Waals surface area contributed by atoms with E-state index in [0.717, 1.165) is 11.3 Å². The van der Waals surface area contributed by atoms with Crippen LogP contribution in [0.3, 0.4) is 0 Å². The molecule has 2 heterocycles. The molecule has 0 aliphatic carbocycles. The van der Waals surface area contributed by atoms with Gasteiger partial charge in [0.25, 0.3) is 0 Å². The van der Waals surface area contributed by atoms with Crippen LogP contribution in [0.15, 0.2) is 48.8 Å². The third-order valence-corrected chi connectivity index (χ3v) is 3.46. The molecular formula is C16H18N4O. The van der Waals surface area contributed by atoms with Gasteiger partial charge in [-0.1, -0.05) is 18.2 Å². The lowest BCUT2D eigenvalue weighted by molar-refractivity contribution is -0.132. The maximum absolute atomic E-state index is 11.9. The fraction of sp³-hybridized carbons (Fsp3) is 0.250. The molecule has 5 heteroatoms. The molecule has 1 aliphatic rings. The van der Waals surface area contributed by atoms with Crippen LogP contribution in [0.5, 0.6) is 0 Å².